The molecule has 0 aromatic heterocycles. The molecule has 8 nitrogen and oxygen atoms in total. The van der Waals surface area contributed by atoms with Crippen LogP contribution in [0.4, 0.5) is 0 Å². The van der Waals surface area contributed by atoms with Crippen molar-refractivity contribution in [2.24, 2.45) is 5.73 Å². The van der Waals surface area contributed by atoms with Gasteiger partial charge in [0, 0.05) is 64.7 Å². The van der Waals surface area contributed by atoms with Gasteiger partial charge in [-0.05, 0) is 48.7 Å². The van der Waals surface area contributed by atoms with Crippen LogP contribution in [0.5, 0.6) is 0 Å². The van der Waals surface area contributed by atoms with Gasteiger partial charge in [-0.15, -0.1) is 0 Å². The van der Waals surface area contributed by atoms with E-state index >= 15 is 0 Å². The number of carbonyl (C=O) groups is 3. The number of rotatable bonds is 9. The lowest BCUT2D eigenvalue weighted by Gasteiger charge is -2.39. The molecule has 1 heterocycles. The maximum Gasteiger partial charge on any atom is 0.246 e. The van der Waals surface area contributed by atoms with Gasteiger partial charge in [-0.2, -0.15) is 0 Å². The highest BCUT2D eigenvalue weighted by molar-refractivity contribution is 5.95. The molecule has 3 aromatic carbocycles. The van der Waals surface area contributed by atoms with Gasteiger partial charge in [-0.1, -0.05) is 78.4 Å². The van der Waals surface area contributed by atoms with E-state index in [2.05, 4.69) is 24.1 Å². The fraction of sp³-hybridized carbons (Fsp3) is 0.417. The molecule has 1 unspecified atom stereocenters. The van der Waals surface area contributed by atoms with Gasteiger partial charge in [0.05, 0.1) is 0 Å². The van der Waals surface area contributed by atoms with E-state index in [9.17, 15) is 14.4 Å². The first kappa shape index (κ1) is 31.4. The second kappa shape index (κ2) is 13.3. The molecule has 8 heteroatoms. The summed E-state index contributed by atoms with van der Waals surface area (Å²) in [5.41, 5.74) is 8.82. The van der Waals surface area contributed by atoms with Gasteiger partial charge in [0.2, 0.25) is 17.7 Å². The summed E-state index contributed by atoms with van der Waals surface area (Å²) in [7, 11) is 5.45. The Bertz CT molecular complexity index is 1520. The predicted molar refractivity (Wildman–Crippen MR) is 175 cm³/mol. The second-order valence-electron chi connectivity index (χ2n) is 12.9. The van der Waals surface area contributed by atoms with E-state index < -0.39 is 12.1 Å². The molecule has 44 heavy (non-hydrogen) atoms. The third-order valence-electron chi connectivity index (χ3n) is 9.12. The van der Waals surface area contributed by atoms with Crippen LogP contribution in [0.3, 0.4) is 0 Å². The van der Waals surface area contributed by atoms with Gasteiger partial charge < -0.3 is 25.3 Å². The van der Waals surface area contributed by atoms with Crippen LogP contribution < -0.4 is 5.73 Å². The Morgan fingerprint density at radius 3 is 2.09 bits per heavy atom. The van der Waals surface area contributed by atoms with Crippen molar-refractivity contribution in [2.45, 2.75) is 50.2 Å². The summed E-state index contributed by atoms with van der Waals surface area (Å²) in [6.45, 7) is 4.80. The lowest BCUT2D eigenvalue weighted by Crippen LogP contribution is -2.58. The van der Waals surface area contributed by atoms with Crippen LogP contribution in [-0.2, 0) is 27.2 Å². The molecule has 3 amide bonds. The van der Waals surface area contributed by atoms with E-state index in [1.165, 1.54) is 4.90 Å². The molecule has 1 aliphatic carbocycles. The van der Waals surface area contributed by atoms with Crippen LogP contribution in [-0.4, -0.2) is 102 Å². The summed E-state index contributed by atoms with van der Waals surface area (Å²) in [6.07, 6.45) is 3.68. The van der Waals surface area contributed by atoms with E-state index in [4.69, 9.17) is 5.73 Å². The molecule has 1 saturated carbocycles. The number of benzene rings is 3. The zero-order valence-corrected chi connectivity index (χ0v) is 26.4. The third kappa shape index (κ3) is 7.37. The number of nitrogens with zero attached hydrogens (tertiary/aromatic N) is 4. The van der Waals surface area contributed by atoms with E-state index in [0.29, 0.717) is 38.8 Å². The van der Waals surface area contributed by atoms with Crippen LogP contribution in [0.25, 0.3) is 10.8 Å². The van der Waals surface area contributed by atoms with Crippen molar-refractivity contribution in [2.75, 3.05) is 47.3 Å². The number of carbonyl (C=O) groups excluding carboxylic acids is 3. The van der Waals surface area contributed by atoms with Crippen molar-refractivity contribution in [3.05, 3.63) is 95.6 Å². The smallest absolute Gasteiger partial charge is 0.246 e. The van der Waals surface area contributed by atoms with E-state index in [-0.39, 0.29) is 23.3 Å². The van der Waals surface area contributed by atoms with Crippen molar-refractivity contribution in [3.8, 4) is 0 Å². The fourth-order valence-electron chi connectivity index (χ4n) is 6.35. The van der Waals surface area contributed by atoms with Gasteiger partial charge in [0.1, 0.15) is 12.1 Å². The Kier molecular flexibility index (Phi) is 9.51. The molecular formula is C36H45N5O3. The van der Waals surface area contributed by atoms with Gasteiger partial charge in [-0.25, -0.2) is 0 Å². The molecule has 3 aromatic rings. The molecule has 232 valence electrons. The van der Waals surface area contributed by atoms with E-state index in [1.54, 1.807) is 25.1 Å². The summed E-state index contributed by atoms with van der Waals surface area (Å²) < 4.78 is 0. The number of piperazine rings is 1. The fourth-order valence-corrected chi connectivity index (χ4v) is 6.35. The maximum absolute atomic E-state index is 14.5. The van der Waals surface area contributed by atoms with Gasteiger partial charge >= 0.3 is 0 Å². The van der Waals surface area contributed by atoms with Crippen LogP contribution >= 0.6 is 0 Å². The number of fused-ring (bicyclic) bond motifs is 1. The normalized spacial score (nSPS) is 20.0. The first-order valence-electron chi connectivity index (χ1n) is 15.5. The van der Waals surface area contributed by atoms with E-state index in [1.807, 2.05) is 72.5 Å². The third-order valence-corrected chi connectivity index (χ3v) is 9.12. The number of amides is 3. The second-order valence-corrected chi connectivity index (χ2v) is 12.9. The number of hydrogen-bond acceptors (Lipinski definition) is 5. The number of nitrogens with two attached hydrogens (primary N) is 1. The Morgan fingerprint density at radius 2 is 1.43 bits per heavy atom. The van der Waals surface area contributed by atoms with Crippen LogP contribution in [0, 0.1) is 0 Å². The summed E-state index contributed by atoms with van der Waals surface area (Å²) in [5.74, 6) is -0.545. The average Bonchev–Trinajstić information content (AvgIpc) is 3.01. The Balaban J connectivity index is 1.45. The first-order valence-corrected chi connectivity index (χ1v) is 15.5. The summed E-state index contributed by atoms with van der Waals surface area (Å²) in [6, 6.07) is 22.6. The molecule has 1 aliphatic heterocycles. The largest absolute Gasteiger partial charge is 0.338 e. The molecule has 2 aliphatic rings. The number of hydrogen-bond donors (Lipinski definition) is 1. The standard InChI is InChI=1S/C36H45N5O3/c1-36(37)24-28(25-36)23-33(42)39(3)31(22-27-14-15-29-12-8-9-13-30(29)20-27)34(43)40(4)32(21-26-10-6-5-7-11-26)35(44)41-18-16-38(2)17-19-41/h5-15,20,23,31-32H,16-19,21-22,24-25,37H2,1-4H3/t31-,32?,36?/m1/s1. The van der Waals surface area contributed by atoms with Crippen molar-refractivity contribution in [1.29, 1.82) is 0 Å². The molecule has 1 saturated heterocycles. The monoisotopic (exact) mass is 595 g/mol. The van der Waals surface area contributed by atoms with Crippen molar-refractivity contribution in [1.82, 2.24) is 19.6 Å². The highest BCUT2D eigenvalue weighted by Gasteiger charge is 2.38. The van der Waals surface area contributed by atoms with E-state index in [0.717, 1.165) is 40.6 Å². The predicted octanol–water partition coefficient (Wildman–Crippen LogP) is 3.49. The topological polar surface area (TPSA) is 90.2 Å². The Hall–Kier alpha value is -4.01. The zero-order valence-electron chi connectivity index (χ0n) is 26.4. The van der Waals surface area contributed by atoms with Crippen molar-refractivity contribution in [3.63, 3.8) is 0 Å². The van der Waals surface area contributed by atoms with Crippen LogP contribution in [0.15, 0.2) is 84.4 Å². The first-order chi connectivity index (χ1) is 21.0. The molecule has 2 N–H and O–H groups in total. The summed E-state index contributed by atoms with van der Waals surface area (Å²) in [4.78, 5) is 49.3. The summed E-state index contributed by atoms with van der Waals surface area (Å²) >= 11 is 0. The SMILES string of the molecule is CN1CCN(C(=O)C(Cc2ccccc2)N(C)C(=O)[C@@H](Cc2ccc3ccccc3c2)N(C)C(=O)C=C2CC(C)(N)C2)CC1. The number of likely N-dealkylation sites (N-methyl/N-ethyl adjacent to an activating group) is 3. The average molecular weight is 596 g/mol. The molecule has 0 spiro atoms. The van der Waals surface area contributed by atoms with Crippen molar-refractivity contribution >= 4 is 28.5 Å². The zero-order chi connectivity index (χ0) is 31.4. The quantitative estimate of drug-likeness (QED) is 0.383. The molecular weight excluding hydrogens is 550 g/mol. The molecule has 0 bridgehead atoms. The lowest BCUT2D eigenvalue weighted by atomic mass is 9.74. The van der Waals surface area contributed by atoms with Gasteiger partial charge in [0.15, 0.2) is 0 Å². The summed E-state index contributed by atoms with van der Waals surface area (Å²) in [5, 5.41) is 2.19. The Morgan fingerprint density at radius 1 is 0.818 bits per heavy atom. The molecule has 2 atom stereocenters. The molecule has 5 rings (SSSR count). The molecule has 2 fully saturated rings. The highest BCUT2D eigenvalue weighted by Crippen LogP contribution is 2.34. The maximum atomic E-state index is 14.5. The highest BCUT2D eigenvalue weighted by atomic mass is 16.2. The minimum Gasteiger partial charge on any atom is -0.338 e. The van der Waals surface area contributed by atoms with Crippen LogP contribution in [0.2, 0.25) is 0 Å². The van der Waals surface area contributed by atoms with Gasteiger partial charge in [-0.3, -0.25) is 14.4 Å². The Labute approximate surface area is 261 Å². The minimum atomic E-state index is -0.798. The minimum absolute atomic E-state index is 0.0601. The molecule has 0 radical (unpaired) electrons. The van der Waals surface area contributed by atoms with Gasteiger partial charge in [0.25, 0.3) is 0 Å². The van der Waals surface area contributed by atoms with Crippen LogP contribution in [0.1, 0.15) is 30.9 Å². The lowest BCUT2D eigenvalue weighted by molar-refractivity contribution is -0.149. The van der Waals surface area contributed by atoms with Crippen molar-refractivity contribution < 1.29 is 14.4 Å².